The quantitative estimate of drug-likeness (QED) is 0.717. The third kappa shape index (κ3) is 5.86. The van der Waals surface area contributed by atoms with Crippen molar-refractivity contribution in [3.63, 3.8) is 0 Å². The van der Waals surface area contributed by atoms with Gasteiger partial charge in [-0.1, -0.05) is 12.1 Å². The van der Waals surface area contributed by atoms with Crippen LogP contribution in [0.4, 0.5) is 23.7 Å². The van der Waals surface area contributed by atoms with Crippen LogP contribution in [0.2, 0.25) is 0 Å². The van der Waals surface area contributed by atoms with Gasteiger partial charge >= 0.3 is 18.2 Å². The smallest absolute Gasteiger partial charge is 0.405 e. The van der Waals surface area contributed by atoms with Crippen LogP contribution in [-0.4, -0.2) is 55.8 Å². The van der Waals surface area contributed by atoms with E-state index in [4.69, 9.17) is 9.47 Å². The van der Waals surface area contributed by atoms with E-state index in [-0.39, 0.29) is 18.2 Å². The first-order chi connectivity index (χ1) is 13.1. The van der Waals surface area contributed by atoms with Gasteiger partial charge in [-0.15, -0.1) is 0 Å². The molecule has 2 rings (SSSR count). The summed E-state index contributed by atoms with van der Waals surface area (Å²) in [6, 6.07) is 5.11. The summed E-state index contributed by atoms with van der Waals surface area (Å²) in [4.78, 5) is 47.8. The van der Waals surface area contributed by atoms with Crippen LogP contribution in [0.1, 0.15) is 6.92 Å². The molecule has 28 heavy (non-hydrogen) atoms. The SMILES string of the molecule is CC(=O)N1C[C@@H](C(=O)OCC(=O)NC(=O)NCC(F)(F)F)Oc2ccccc21. The molecular formula is C16H16F3N3O6. The highest BCUT2D eigenvalue weighted by molar-refractivity contribution is 5.97. The van der Waals surface area contributed by atoms with Crippen molar-refractivity contribution in [1.82, 2.24) is 10.6 Å². The van der Waals surface area contributed by atoms with E-state index in [9.17, 15) is 32.3 Å². The van der Waals surface area contributed by atoms with Crippen LogP contribution in [0.15, 0.2) is 24.3 Å². The molecule has 0 spiro atoms. The molecule has 1 aromatic rings. The predicted molar refractivity (Wildman–Crippen MR) is 87.4 cm³/mol. The maximum Gasteiger partial charge on any atom is 0.405 e. The number of urea groups is 1. The predicted octanol–water partition coefficient (Wildman–Crippen LogP) is 0.732. The van der Waals surface area contributed by atoms with E-state index in [0.29, 0.717) is 5.69 Å². The van der Waals surface area contributed by atoms with Crippen molar-refractivity contribution in [2.75, 3.05) is 24.6 Å². The monoisotopic (exact) mass is 403 g/mol. The zero-order valence-electron chi connectivity index (χ0n) is 14.5. The number of carbonyl (C=O) groups excluding carboxylic acids is 4. The molecule has 152 valence electrons. The van der Waals surface area contributed by atoms with Crippen LogP contribution in [0, 0.1) is 0 Å². The Morgan fingerprint density at radius 1 is 1.25 bits per heavy atom. The van der Waals surface area contributed by atoms with Crippen molar-refractivity contribution < 1.29 is 41.8 Å². The number of alkyl halides is 3. The molecule has 1 heterocycles. The lowest BCUT2D eigenvalue weighted by Gasteiger charge is -2.33. The zero-order valence-corrected chi connectivity index (χ0v) is 14.5. The highest BCUT2D eigenvalue weighted by Crippen LogP contribution is 2.33. The molecule has 0 saturated heterocycles. The van der Waals surface area contributed by atoms with E-state index in [1.165, 1.54) is 17.1 Å². The molecule has 4 amide bonds. The maximum absolute atomic E-state index is 12.1. The Kier molecular flexibility index (Phi) is 6.44. The normalized spacial score (nSPS) is 15.7. The molecule has 1 aliphatic heterocycles. The number of rotatable bonds is 4. The summed E-state index contributed by atoms with van der Waals surface area (Å²) >= 11 is 0. The average Bonchev–Trinajstić information content (AvgIpc) is 2.62. The molecule has 1 aliphatic rings. The van der Waals surface area contributed by atoms with Gasteiger partial charge in [0.2, 0.25) is 12.0 Å². The van der Waals surface area contributed by atoms with Crippen LogP contribution in [0.25, 0.3) is 0 Å². The molecule has 0 fully saturated rings. The summed E-state index contributed by atoms with van der Waals surface area (Å²) in [6.07, 6.45) is -5.85. The van der Waals surface area contributed by atoms with E-state index < -0.39 is 43.3 Å². The number of ether oxygens (including phenoxy) is 2. The molecule has 0 aliphatic carbocycles. The molecule has 2 N–H and O–H groups in total. The van der Waals surface area contributed by atoms with Gasteiger partial charge in [-0.25, -0.2) is 9.59 Å². The van der Waals surface area contributed by atoms with E-state index >= 15 is 0 Å². The maximum atomic E-state index is 12.1. The van der Waals surface area contributed by atoms with Gasteiger partial charge in [-0.05, 0) is 12.1 Å². The summed E-state index contributed by atoms with van der Waals surface area (Å²) in [6.45, 7) is -1.39. The van der Waals surface area contributed by atoms with Gasteiger partial charge in [0.1, 0.15) is 12.3 Å². The van der Waals surface area contributed by atoms with Crippen LogP contribution < -0.4 is 20.3 Å². The highest BCUT2D eigenvalue weighted by Gasteiger charge is 2.34. The van der Waals surface area contributed by atoms with Gasteiger partial charge in [0.05, 0.1) is 12.2 Å². The van der Waals surface area contributed by atoms with Gasteiger partial charge < -0.3 is 19.7 Å². The van der Waals surface area contributed by atoms with Crippen molar-refractivity contribution in [2.45, 2.75) is 19.2 Å². The second-order valence-corrected chi connectivity index (χ2v) is 5.66. The number of amides is 4. The molecule has 0 aromatic heterocycles. The van der Waals surface area contributed by atoms with Gasteiger partial charge in [0.25, 0.3) is 5.91 Å². The number of hydrogen-bond donors (Lipinski definition) is 2. The lowest BCUT2D eigenvalue weighted by atomic mass is 10.2. The van der Waals surface area contributed by atoms with Gasteiger partial charge in [0.15, 0.2) is 6.61 Å². The first kappa shape index (κ1) is 21.0. The Morgan fingerprint density at radius 2 is 1.93 bits per heavy atom. The van der Waals surface area contributed by atoms with Gasteiger partial charge in [-0.2, -0.15) is 13.2 Å². The van der Waals surface area contributed by atoms with E-state index in [0.717, 1.165) is 0 Å². The van der Waals surface area contributed by atoms with Crippen molar-refractivity contribution in [3.05, 3.63) is 24.3 Å². The first-order valence-electron chi connectivity index (χ1n) is 7.91. The number of benzene rings is 1. The van der Waals surface area contributed by atoms with Crippen LogP contribution in [0.5, 0.6) is 5.75 Å². The molecule has 0 radical (unpaired) electrons. The third-order valence-electron chi connectivity index (χ3n) is 3.46. The van der Waals surface area contributed by atoms with E-state index in [1.807, 2.05) is 0 Å². The molecule has 12 heteroatoms. The number of para-hydroxylation sites is 2. The summed E-state index contributed by atoms with van der Waals surface area (Å²) in [5.74, 6) is -2.19. The number of nitrogens with zero attached hydrogens (tertiary/aromatic N) is 1. The minimum Gasteiger partial charge on any atom is -0.475 e. The van der Waals surface area contributed by atoms with E-state index in [1.54, 1.807) is 29.6 Å². The number of imide groups is 1. The minimum absolute atomic E-state index is 0.154. The average molecular weight is 403 g/mol. The summed E-state index contributed by atoms with van der Waals surface area (Å²) in [5, 5.41) is 3.01. The van der Waals surface area contributed by atoms with Crippen molar-refractivity contribution in [3.8, 4) is 5.75 Å². The topological polar surface area (TPSA) is 114 Å². The Bertz CT molecular complexity index is 783. The fourth-order valence-electron chi connectivity index (χ4n) is 2.27. The second-order valence-electron chi connectivity index (χ2n) is 5.66. The number of carbonyl (C=O) groups is 4. The number of fused-ring (bicyclic) bond motifs is 1. The number of esters is 1. The standard InChI is InChI=1S/C16H16F3N3O6/c1-9(23)22-6-12(28-11-5-3-2-4-10(11)22)14(25)27-7-13(24)21-15(26)20-8-16(17,18)19/h2-5,12H,6-8H2,1H3,(H2,20,21,24,26)/t12-/m0/s1. The molecule has 9 nitrogen and oxygen atoms in total. The van der Waals surface area contributed by atoms with E-state index in [2.05, 4.69) is 0 Å². The van der Waals surface area contributed by atoms with Gasteiger partial charge in [-0.3, -0.25) is 14.9 Å². The molecule has 0 unspecified atom stereocenters. The van der Waals surface area contributed by atoms with Crippen molar-refractivity contribution in [1.29, 1.82) is 0 Å². The van der Waals surface area contributed by atoms with Crippen LogP contribution in [0.3, 0.4) is 0 Å². The molecular weight excluding hydrogens is 387 g/mol. The summed E-state index contributed by atoms with van der Waals surface area (Å²) in [5.41, 5.74) is 0.470. The number of anilines is 1. The summed E-state index contributed by atoms with van der Waals surface area (Å²) < 4.78 is 46.1. The Hall–Kier alpha value is -3.31. The molecule has 1 atom stereocenters. The second kappa shape index (κ2) is 8.59. The fourth-order valence-corrected chi connectivity index (χ4v) is 2.27. The minimum atomic E-state index is -4.63. The molecule has 0 bridgehead atoms. The third-order valence-corrected chi connectivity index (χ3v) is 3.46. The van der Waals surface area contributed by atoms with Crippen molar-refractivity contribution >= 4 is 29.5 Å². The summed E-state index contributed by atoms with van der Waals surface area (Å²) in [7, 11) is 0. The fraction of sp³-hybridized carbons (Fsp3) is 0.375. The molecule has 1 aromatic carbocycles. The highest BCUT2D eigenvalue weighted by atomic mass is 19.4. The lowest BCUT2D eigenvalue weighted by molar-refractivity contribution is -0.155. The first-order valence-corrected chi connectivity index (χ1v) is 7.91. The van der Waals surface area contributed by atoms with Crippen LogP contribution >= 0.6 is 0 Å². The number of nitrogens with one attached hydrogen (secondary N) is 2. The zero-order chi connectivity index (χ0) is 20.9. The number of hydrogen-bond acceptors (Lipinski definition) is 6. The van der Waals surface area contributed by atoms with Crippen molar-refractivity contribution in [2.24, 2.45) is 0 Å². The lowest BCUT2D eigenvalue weighted by Crippen LogP contribution is -2.48. The molecule has 0 saturated carbocycles. The van der Waals surface area contributed by atoms with Crippen LogP contribution in [-0.2, 0) is 19.1 Å². The number of halogens is 3. The van der Waals surface area contributed by atoms with Gasteiger partial charge in [0, 0.05) is 6.92 Å². The Morgan fingerprint density at radius 3 is 2.57 bits per heavy atom. The largest absolute Gasteiger partial charge is 0.475 e. The Labute approximate surface area is 156 Å². The Balaban J connectivity index is 1.87.